The van der Waals surface area contributed by atoms with E-state index in [1.165, 1.54) is 49.9 Å². The first kappa shape index (κ1) is 8.48. The average molecular weight is 191 g/mol. The molecule has 1 unspecified atom stereocenters. The van der Waals surface area contributed by atoms with Crippen LogP contribution in [-0.4, -0.2) is 16.7 Å². The highest BCUT2D eigenvalue weighted by Crippen LogP contribution is 2.31. The molecule has 1 fully saturated rings. The van der Waals surface area contributed by atoms with Gasteiger partial charge < -0.3 is 5.32 Å². The minimum absolute atomic E-state index is 0.568. The Balaban J connectivity index is 1.68. The summed E-state index contributed by atoms with van der Waals surface area (Å²) in [7, 11) is 0. The Morgan fingerprint density at radius 1 is 1.43 bits per heavy atom. The number of H-pyrrole nitrogens is 1. The molecule has 2 N–H and O–H groups in total. The van der Waals surface area contributed by atoms with E-state index >= 15 is 0 Å². The molecule has 0 spiro atoms. The van der Waals surface area contributed by atoms with Crippen molar-refractivity contribution in [1.29, 1.82) is 0 Å². The molecule has 0 aromatic carbocycles. The second kappa shape index (κ2) is 3.39. The predicted molar refractivity (Wildman–Crippen MR) is 55.0 cm³/mol. The first-order chi connectivity index (χ1) is 6.93. The number of rotatable bonds is 3. The van der Waals surface area contributed by atoms with Crippen LogP contribution in [0.5, 0.6) is 0 Å². The highest BCUT2D eigenvalue weighted by atomic mass is 15.1. The third-order valence-electron chi connectivity index (χ3n) is 3.40. The van der Waals surface area contributed by atoms with Crippen LogP contribution in [0.15, 0.2) is 6.20 Å². The van der Waals surface area contributed by atoms with E-state index in [1.807, 2.05) is 6.20 Å². The van der Waals surface area contributed by atoms with Gasteiger partial charge in [0.1, 0.15) is 0 Å². The van der Waals surface area contributed by atoms with Gasteiger partial charge in [-0.25, -0.2) is 0 Å². The number of hydrogen-bond donors (Lipinski definition) is 2. The largest absolute Gasteiger partial charge is 0.310 e. The van der Waals surface area contributed by atoms with Crippen LogP contribution in [0.2, 0.25) is 0 Å². The Morgan fingerprint density at radius 2 is 2.36 bits per heavy atom. The molecule has 0 bridgehead atoms. The third-order valence-corrected chi connectivity index (χ3v) is 3.40. The number of aromatic amines is 1. The summed E-state index contributed by atoms with van der Waals surface area (Å²) < 4.78 is 0. The first-order valence-electron chi connectivity index (χ1n) is 5.69. The van der Waals surface area contributed by atoms with Crippen molar-refractivity contribution < 1.29 is 0 Å². The SMILES string of the molecule is c1n[nH]c2c1C(NCC1CC1)CCC2. The minimum atomic E-state index is 0.568. The molecule has 2 aliphatic rings. The van der Waals surface area contributed by atoms with Gasteiger partial charge in [-0.1, -0.05) is 0 Å². The maximum absolute atomic E-state index is 4.13. The Labute approximate surface area is 84.3 Å². The lowest BCUT2D eigenvalue weighted by Crippen LogP contribution is -2.26. The molecule has 1 aromatic heterocycles. The molecule has 1 atom stereocenters. The van der Waals surface area contributed by atoms with Gasteiger partial charge in [-0.15, -0.1) is 0 Å². The molecule has 1 heterocycles. The molecule has 0 aliphatic heterocycles. The maximum Gasteiger partial charge on any atom is 0.0538 e. The summed E-state index contributed by atoms with van der Waals surface area (Å²) in [4.78, 5) is 0. The lowest BCUT2D eigenvalue weighted by Gasteiger charge is -2.22. The van der Waals surface area contributed by atoms with E-state index in [0.29, 0.717) is 6.04 Å². The van der Waals surface area contributed by atoms with E-state index in [0.717, 1.165) is 5.92 Å². The first-order valence-corrected chi connectivity index (χ1v) is 5.69. The van der Waals surface area contributed by atoms with E-state index < -0.39 is 0 Å². The number of aryl methyl sites for hydroxylation is 1. The van der Waals surface area contributed by atoms with E-state index in [4.69, 9.17) is 0 Å². The van der Waals surface area contributed by atoms with Crippen LogP contribution in [0.25, 0.3) is 0 Å². The number of fused-ring (bicyclic) bond motifs is 1. The van der Waals surface area contributed by atoms with Crippen molar-refractivity contribution in [2.75, 3.05) is 6.54 Å². The van der Waals surface area contributed by atoms with Gasteiger partial charge in [0, 0.05) is 17.3 Å². The highest BCUT2D eigenvalue weighted by Gasteiger charge is 2.25. The zero-order valence-corrected chi connectivity index (χ0v) is 8.42. The molecule has 14 heavy (non-hydrogen) atoms. The third kappa shape index (κ3) is 1.57. The molecular weight excluding hydrogens is 174 g/mol. The van der Waals surface area contributed by atoms with Crippen molar-refractivity contribution in [3.63, 3.8) is 0 Å². The Bertz CT molecular complexity index is 314. The smallest absolute Gasteiger partial charge is 0.0538 e. The monoisotopic (exact) mass is 191 g/mol. The van der Waals surface area contributed by atoms with Crippen molar-refractivity contribution in [3.8, 4) is 0 Å². The predicted octanol–water partition coefficient (Wildman–Crippen LogP) is 1.79. The maximum atomic E-state index is 4.13. The number of hydrogen-bond acceptors (Lipinski definition) is 2. The summed E-state index contributed by atoms with van der Waals surface area (Å²) >= 11 is 0. The summed E-state index contributed by atoms with van der Waals surface area (Å²) in [6.07, 6.45) is 8.60. The highest BCUT2D eigenvalue weighted by molar-refractivity contribution is 5.23. The second-order valence-electron chi connectivity index (χ2n) is 4.60. The minimum Gasteiger partial charge on any atom is -0.310 e. The van der Waals surface area contributed by atoms with Gasteiger partial charge in [-0.3, -0.25) is 5.10 Å². The van der Waals surface area contributed by atoms with Crippen molar-refractivity contribution in [2.45, 2.75) is 38.1 Å². The van der Waals surface area contributed by atoms with Gasteiger partial charge in [0.25, 0.3) is 0 Å². The molecule has 76 valence electrons. The lowest BCUT2D eigenvalue weighted by atomic mass is 9.93. The molecule has 3 heteroatoms. The number of nitrogens with zero attached hydrogens (tertiary/aromatic N) is 1. The van der Waals surface area contributed by atoms with Crippen molar-refractivity contribution in [3.05, 3.63) is 17.5 Å². The fraction of sp³-hybridized carbons (Fsp3) is 0.727. The van der Waals surface area contributed by atoms with Crippen LogP contribution in [0.4, 0.5) is 0 Å². The van der Waals surface area contributed by atoms with E-state index in [2.05, 4.69) is 15.5 Å². The molecule has 1 aromatic rings. The molecule has 0 radical (unpaired) electrons. The van der Waals surface area contributed by atoms with Crippen LogP contribution in [-0.2, 0) is 6.42 Å². The van der Waals surface area contributed by atoms with Crippen LogP contribution < -0.4 is 5.32 Å². The molecule has 0 saturated heterocycles. The zero-order chi connectivity index (χ0) is 9.38. The van der Waals surface area contributed by atoms with E-state index in [9.17, 15) is 0 Å². The Kier molecular flexibility index (Phi) is 2.05. The second-order valence-corrected chi connectivity index (χ2v) is 4.60. The zero-order valence-electron chi connectivity index (χ0n) is 8.42. The van der Waals surface area contributed by atoms with Crippen LogP contribution in [0, 0.1) is 5.92 Å². The molecule has 1 saturated carbocycles. The summed E-state index contributed by atoms with van der Waals surface area (Å²) in [6, 6.07) is 0.568. The van der Waals surface area contributed by atoms with Crippen molar-refractivity contribution in [1.82, 2.24) is 15.5 Å². The summed E-state index contributed by atoms with van der Waals surface area (Å²) in [5.41, 5.74) is 2.77. The molecule has 3 nitrogen and oxygen atoms in total. The van der Waals surface area contributed by atoms with E-state index in [1.54, 1.807) is 0 Å². The van der Waals surface area contributed by atoms with Gasteiger partial charge in [0.2, 0.25) is 0 Å². The number of nitrogens with one attached hydrogen (secondary N) is 2. The molecule has 2 aliphatic carbocycles. The van der Waals surface area contributed by atoms with Crippen molar-refractivity contribution in [2.24, 2.45) is 5.92 Å². The quantitative estimate of drug-likeness (QED) is 0.764. The summed E-state index contributed by atoms with van der Waals surface area (Å²) in [5, 5.41) is 10.9. The van der Waals surface area contributed by atoms with E-state index in [-0.39, 0.29) is 0 Å². The van der Waals surface area contributed by atoms with Crippen LogP contribution in [0.3, 0.4) is 0 Å². The Morgan fingerprint density at radius 3 is 3.21 bits per heavy atom. The van der Waals surface area contributed by atoms with Crippen LogP contribution >= 0.6 is 0 Å². The number of aromatic nitrogens is 2. The fourth-order valence-corrected chi connectivity index (χ4v) is 2.30. The summed E-state index contributed by atoms with van der Waals surface area (Å²) in [6.45, 7) is 1.20. The van der Waals surface area contributed by atoms with Gasteiger partial charge >= 0.3 is 0 Å². The van der Waals surface area contributed by atoms with Gasteiger partial charge in [0.05, 0.1) is 6.20 Å². The summed E-state index contributed by atoms with van der Waals surface area (Å²) in [5.74, 6) is 0.965. The molecule has 3 rings (SSSR count). The van der Waals surface area contributed by atoms with Gasteiger partial charge in [-0.2, -0.15) is 5.10 Å². The van der Waals surface area contributed by atoms with Gasteiger partial charge in [0.15, 0.2) is 0 Å². The average Bonchev–Trinajstić information content (AvgIpc) is 2.91. The standard InChI is InChI=1S/C11H17N3/c1-2-10(12-6-8-4-5-8)9-7-13-14-11(9)3-1/h7-8,10,12H,1-6H2,(H,13,14). The normalized spacial score (nSPS) is 26.1. The Hall–Kier alpha value is -0.830. The van der Waals surface area contributed by atoms with Gasteiger partial charge in [-0.05, 0) is 44.6 Å². The molecule has 0 amide bonds. The topological polar surface area (TPSA) is 40.7 Å². The molecular formula is C11H17N3. The van der Waals surface area contributed by atoms with Crippen LogP contribution in [0.1, 0.15) is 43.0 Å². The fourth-order valence-electron chi connectivity index (χ4n) is 2.30. The van der Waals surface area contributed by atoms with Crippen molar-refractivity contribution >= 4 is 0 Å². The lowest BCUT2D eigenvalue weighted by molar-refractivity contribution is 0.449.